The van der Waals surface area contributed by atoms with Crippen molar-refractivity contribution in [1.82, 2.24) is 15.5 Å². The molecule has 0 aliphatic rings. The van der Waals surface area contributed by atoms with Crippen LogP contribution in [0.2, 0.25) is 0 Å². The topological polar surface area (TPSA) is 114 Å². The van der Waals surface area contributed by atoms with Crippen LogP contribution in [0.5, 0.6) is 11.5 Å². The molecule has 3 aromatic rings. The average molecular weight is 456 g/mol. The normalized spacial score (nSPS) is 11.5. The van der Waals surface area contributed by atoms with Crippen molar-refractivity contribution < 1.29 is 19.1 Å². The highest BCUT2D eigenvalue weighted by molar-refractivity contribution is 7.18. The highest BCUT2D eigenvalue weighted by Crippen LogP contribution is 2.28. The van der Waals surface area contributed by atoms with E-state index in [0.29, 0.717) is 21.6 Å². The van der Waals surface area contributed by atoms with Crippen LogP contribution in [0.3, 0.4) is 0 Å². The fourth-order valence-electron chi connectivity index (χ4n) is 2.82. The van der Waals surface area contributed by atoms with Gasteiger partial charge in [0.05, 0.1) is 14.2 Å². The molecule has 1 heterocycles. The molecule has 3 amide bonds. The summed E-state index contributed by atoms with van der Waals surface area (Å²) in [5, 5.41) is 17.4. The summed E-state index contributed by atoms with van der Waals surface area (Å²) in [6.45, 7) is 3.70. The summed E-state index contributed by atoms with van der Waals surface area (Å²) in [5.74, 6) is 0.903. The molecule has 9 nitrogen and oxygen atoms in total. The number of urea groups is 1. The average Bonchev–Trinajstić information content (AvgIpc) is 3.26. The summed E-state index contributed by atoms with van der Waals surface area (Å²) in [7, 11) is 3.17. The quantitative estimate of drug-likeness (QED) is 0.473. The maximum Gasteiger partial charge on any atom is 0.319 e. The Balaban J connectivity index is 1.62. The molecule has 168 valence electrons. The third-order valence-electron chi connectivity index (χ3n) is 4.58. The molecule has 32 heavy (non-hydrogen) atoms. The highest BCUT2D eigenvalue weighted by Gasteiger charge is 2.25. The van der Waals surface area contributed by atoms with Crippen LogP contribution < -0.4 is 25.4 Å². The van der Waals surface area contributed by atoms with E-state index < -0.39 is 12.1 Å². The molecule has 1 atom stereocenters. The minimum absolute atomic E-state index is 0.148. The summed E-state index contributed by atoms with van der Waals surface area (Å²) < 4.78 is 10.3. The number of carbonyl (C=O) groups excluding carboxylic acids is 2. The first kappa shape index (κ1) is 23.0. The van der Waals surface area contributed by atoms with Gasteiger partial charge in [-0.1, -0.05) is 25.2 Å². The van der Waals surface area contributed by atoms with Crippen LogP contribution in [0.1, 0.15) is 13.8 Å². The van der Waals surface area contributed by atoms with Gasteiger partial charge in [-0.3, -0.25) is 10.1 Å². The first-order chi connectivity index (χ1) is 15.4. The van der Waals surface area contributed by atoms with Crippen molar-refractivity contribution in [3.05, 3.63) is 48.5 Å². The molecule has 2 aromatic carbocycles. The molecule has 0 aliphatic heterocycles. The fourth-order valence-corrected chi connectivity index (χ4v) is 3.58. The molecule has 1 unspecified atom stereocenters. The van der Waals surface area contributed by atoms with Crippen molar-refractivity contribution in [2.24, 2.45) is 5.92 Å². The van der Waals surface area contributed by atoms with Crippen LogP contribution in [-0.2, 0) is 4.79 Å². The second-order valence-electron chi connectivity index (χ2n) is 7.18. The number of methoxy groups -OCH3 is 2. The van der Waals surface area contributed by atoms with Crippen molar-refractivity contribution in [1.29, 1.82) is 0 Å². The Morgan fingerprint density at radius 2 is 1.47 bits per heavy atom. The minimum atomic E-state index is -0.762. The second-order valence-corrected chi connectivity index (χ2v) is 8.16. The largest absolute Gasteiger partial charge is 0.497 e. The molecule has 0 spiro atoms. The van der Waals surface area contributed by atoms with Crippen molar-refractivity contribution in [3.63, 3.8) is 0 Å². The summed E-state index contributed by atoms with van der Waals surface area (Å²) in [6.07, 6.45) is 0. The highest BCUT2D eigenvalue weighted by atomic mass is 32.1. The molecule has 1 aromatic heterocycles. The lowest BCUT2D eigenvalue weighted by atomic mass is 10.0. The van der Waals surface area contributed by atoms with Crippen LogP contribution in [-0.4, -0.2) is 42.4 Å². The molecule has 10 heteroatoms. The Bertz CT molecular complexity index is 1050. The number of benzene rings is 2. The van der Waals surface area contributed by atoms with Crippen LogP contribution >= 0.6 is 11.3 Å². The van der Waals surface area contributed by atoms with E-state index in [1.165, 1.54) is 11.3 Å². The number of amides is 3. The van der Waals surface area contributed by atoms with Crippen LogP contribution in [0, 0.1) is 5.92 Å². The third-order valence-corrected chi connectivity index (χ3v) is 5.46. The zero-order valence-corrected chi connectivity index (χ0v) is 19.0. The SMILES string of the molecule is COc1ccc(NC(=O)NC(C(=O)Nc2nnc(-c3ccc(OC)cc3)s2)C(C)C)cc1. The molecule has 0 radical (unpaired) electrons. The predicted octanol–water partition coefficient (Wildman–Crippen LogP) is 4.01. The van der Waals surface area contributed by atoms with Crippen LogP contribution in [0.25, 0.3) is 10.6 Å². The van der Waals surface area contributed by atoms with E-state index in [-0.39, 0.29) is 11.8 Å². The number of nitrogens with one attached hydrogen (secondary N) is 3. The number of ether oxygens (including phenoxy) is 2. The van der Waals surface area contributed by atoms with Gasteiger partial charge in [-0.15, -0.1) is 10.2 Å². The van der Waals surface area contributed by atoms with Crippen LogP contribution in [0.4, 0.5) is 15.6 Å². The molecule has 0 saturated carbocycles. The first-order valence-corrected chi connectivity index (χ1v) is 10.7. The van der Waals surface area contributed by atoms with Gasteiger partial charge in [0.15, 0.2) is 0 Å². The Morgan fingerprint density at radius 3 is 2.03 bits per heavy atom. The van der Waals surface area contributed by atoms with Gasteiger partial charge in [-0.25, -0.2) is 4.79 Å². The zero-order chi connectivity index (χ0) is 23.1. The van der Waals surface area contributed by atoms with Gasteiger partial charge in [0.2, 0.25) is 11.0 Å². The number of anilines is 2. The van der Waals surface area contributed by atoms with Gasteiger partial charge in [0.25, 0.3) is 0 Å². The lowest BCUT2D eigenvalue weighted by Crippen LogP contribution is -2.48. The number of nitrogens with zero attached hydrogens (tertiary/aromatic N) is 2. The predicted molar refractivity (Wildman–Crippen MR) is 124 cm³/mol. The number of carbonyl (C=O) groups is 2. The number of aromatic nitrogens is 2. The van der Waals surface area contributed by atoms with Gasteiger partial charge >= 0.3 is 6.03 Å². The molecular formula is C22H25N5O4S. The molecule has 0 bridgehead atoms. The number of hydrogen-bond acceptors (Lipinski definition) is 7. The maximum atomic E-state index is 12.8. The summed E-state index contributed by atoms with van der Waals surface area (Å²) in [5.41, 5.74) is 1.45. The Kier molecular flexibility index (Phi) is 7.61. The van der Waals surface area contributed by atoms with Gasteiger partial charge < -0.3 is 20.1 Å². The van der Waals surface area contributed by atoms with Crippen molar-refractivity contribution in [2.45, 2.75) is 19.9 Å². The van der Waals surface area contributed by atoms with Gasteiger partial charge in [-0.05, 0) is 54.4 Å². The van der Waals surface area contributed by atoms with E-state index in [2.05, 4.69) is 26.1 Å². The van der Waals surface area contributed by atoms with E-state index in [4.69, 9.17) is 9.47 Å². The third kappa shape index (κ3) is 5.94. The van der Waals surface area contributed by atoms with Gasteiger partial charge in [0.1, 0.15) is 22.5 Å². The number of hydrogen-bond donors (Lipinski definition) is 3. The second kappa shape index (κ2) is 10.6. The van der Waals surface area contributed by atoms with E-state index in [9.17, 15) is 9.59 Å². The minimum Gasteiger partial charge on any atom is -0.497 e. The monoisotopic (exact) mass is 455 g/mol. The fraction of sp³-hybridized carbons (Fsp3) is 0.273. The van der Waals surface area contributed by atoms with E-state index in [1.807, 2.05) is 38.1 Å². The Hall–Kier alpha value is -3.66. The first-order valence-electron chi connectivity index (χ1n) is 9.90. The van der Waals surface area contributed by atoms with E-state index in [1.54, 1.807) is 38.5 Å². The van der Waals surface area contributed by atoms with Crippen molar-refractivity contribution in [2.75, 3.05) is 24.9 Å². The Morgan fingerprint density at radius 1 is 0.875 bits per heavy atom. The molecule has 3 rings (SSSR count). The molecule has 0 fully saturated rings. The zero-order valence-electron chi connectivity index (χ0n) is 18.2. The summed E-state index contributed by atoms with van der Waals surface area (Å²) in [6, 6.07) is 13.0. The van der Waals surface area contributed by atoms with Gasteiger partial charge in [0, 0.05) is 11.3 Å². The summed E-state index contributed by atoms with van der Waals surface area (Å²) >= 11 is 1.25. The molecule has 3 N–H and O–H groups in total. The van der Waals surface area contributed by atoms with E-state index >= 15 is 0 Å². The van der Waals surface area contributed by atoms with E-state index in [0.717, 1.165) is 11.3 Å². The maximum absolute atomic E-state index is 12.8. The standard InChI is InChI=1S/C22H25N5O4S/c1-13(2)18(24-21(29)23-15-7-11-17(31-4)12-8-15)19(28)25-22-27-26-20(32-22)14-5-9-16(30-3)10-6-14/h5-13,18H,1-4H3,(H2,23,24,29)(H,25,27,28). The van der Waals surface area contributed by atoms with Gasteiger partial charge in [-0.2, -0.15) is 0 Å². The smallest absolute Gasteiger partial charge is 0.319 e. The Labute approximate surface area is 190 Å². The molecular weight excluding hydrogens is 430 g/mol. The molecule has 0 aliphatic carbocycles. The van der Waals surface area contributed by atoms with Crippen molar-refractivity contribution in [3.8, 4) is 22.1 Å². The van der Waals surface area contributed by atoms with Crippen LogP contribution in [0.15, 0.2) is 48.5 Å². The summed E-state index contributed by atoms with van der Waals surface area (Å²) in [4.78, 5) is 25.2. The lowest BCUT2D eigenvalue weighted by Gasteiger charge is -2.21. The molecule has 0 saturated heterocycles. The number of rotatable bonds is 8. The van der Waals surface area contributed by atoms with Crippen molar-refractivity contribution >= 4 is 34.1 Å². The lowest BCUT2D eigenvalue weighted by molar-refractivity contribution is -0.118.